The number of rotatable bonds is 7. The fourth-order valence-corrected chi connectivity index (χ4v) is 2.29. The number of hydrogen-bond acceptors (Lipinski definition) is 2. The van der Waals surface area contributed by atoms with Crippen molar-refractivity contribution in [1.29, 1.82) is 0 Å². The highest BCUT2D eigenvalue weighted by atomic mass is 16.5. The maximum Gasteiger partial charge on any atom is 0.115 e. The third kappa shape index (κ3) is 4.91. The molecule has 1 unspecified atom stereocenters. The molecule has 0 amide bonds. The molecule has 112 valence electrons. The van der Waals surface area contributed by atoms with Crippen LogP contribution in [0.2, 0.25) is 0 Å². The molecule has 2 aromatic carbocycles. The number of ether oxygens (including phenoxy) is 1. The first-order chi connectivity index (χ1) is 10.2. The van der Waals surface area contributed by atoms with Gasteiger partial charge in [-0.2, -0.15) is 0 Å². The molecule has 0 spiro atoms. The Labute approximate surface area is 127 Å². The van der Waals surface area contributed by atoms with E-state index in [0.29, 0.717) is 11.9 Å². The molecule has 0 heterocycles. The molecule has 0 aliphatic heterocycles. The van der Waals surface area contributed by atoms with Gasteiger partial charge in [0.2, 0.25) is 0 Å². The summed E-state index contributed by atoms with van der Waals surface area (Å²) >= 11 is 0. The second-order valence-corrected chi connectivity index (χ2v) is 5.46. The van der Waals surface area contributed by atoms with Crippen LogP contribution in [-0.4, -0.2) is 17.8 Å². The molecule has 2 heteroatoms. The van der Waals surface area contributed by atoms with Crippen molar-refractivity contribution >= 4 is 0 Å². The highest BCUT2D eigenvalue weighted by molar-refractivity contribution is 5.64. The fraction of sp³-hybridized carbons (Fsp3) is 0.368. The van der Waals surface area contributed by atoms with Crippen molar-refractivity contribution in [2.75, 3.05) is 6.61 Å². The van der Waals surface area contributed by atoms with Crippen molar-refractivity contribution in [3.8, 4) is 16.9 Å². The summed E-state index contributed by atoms with van der Waals surface area (Å²) in [6.45, 7) is 5.12. The molecule has 2 rings (SSSR count). The number of hydrogen-bond donors (Lipinski definition) is 1. The van der Waals surface area contributed by atoms with Crippen LogP contribution in [0.5, 0.6) is 5.75 Å². The van der Waals surface area contributed by atoms with Crippen molar-refractivity contribution in [3.05, 3.63) is 54.1 Å². The average Bonchev–Trinajstić information content (AvgIpc) is 2.52. The molecule has 1 N–H and O–H groups in total. The van der Waals surface area contributed by atoms with Crippen LogP contribution < -0.4 is 0 Å². The van der Waals surface area contributed by atoms with E-state index in [1.807, 2.05) is 12.1 Å². The smallest absolute Gasteiger partial charge is 0.115 e. The molecule has 0 aliphatic carbocycles. The van der Waals surface area contributed by atoms with Gasteiger partial charge < -0.3 is 9.84 Å². The van der Waals surface area contributed by atoms with Crippen LogP contribution in [0.25, 0.3) is 11.1 Å². The van der Waals surface area contributed by atoms with Crippen molar-refractivity contribution in [2.24, 2.45) is 0 Å². The van der Waals surface area contributed by atoms with E-state index in [0.717, 1.165) is 31.4 Å². The average molecular weight is 284 g/mol. The summed E-state index contributed by atoms with van der Waals surface area (Å²) in [6, 6.07) is 15.9. The summed E-state index contributed by atoms with van der Waals surface area (Å²) < 4.78 is 5.69. The number of benzene rings is 2. The minimum atomic E-state index is 0.302. The van der Waals surface area contributed by atoms with Gasteiger partial charge >= 0.3 is 0 Å². The van der Waals surface area contributed by atoms with Crippen LogP contribution in [0.3, 0.4) is 0 Å². The molecule has 0 aromatic heterocycles. The maximum absolute atomic E-state index is 9.32. The van der Waals surface area contributed by atoms with Gasteiger partial charge in [0.15, 0.2) is 0 Å². The zero-order valence-corrected chi connectivity index (χ0v) is 12.9. The Morgan fingerprint density at radius 3 is 2.10 bits per heavy atom. The number of aromatic hydroxyl groups is 1. The Morgan fingerprint density at radius 1 is 0.952 bits per heavy atom. The normalized spacial score (nSPS) is 12.3. The first kappa shape index (κ1) is 15.6. The maximum atomic E-state index is 9.32. The third-order valence-electron chi connectivity index (χ3n) is 3.60. The van der Waals surface area contributed by atoms with Gasteiger partial charge in [-0.15, -0.1) is 0 Å². The van der Waals surface area contributed by atoms with E-state index in [-0.39, 0.29) is 0 Å². The Bertz CT molecular complexity index is 528. The van der Waals surface area contributed by atoms with Gasteiger partial charge in [-0.05, 0) is 55.0 Å². The van der Waals surface area contributed by atoms with Crippen LogP contribution in [-0.2, 0) is 11.2 Å². The molecule has 2 nitrogen and oxygen atoms in total. The number of phenols is 1. The minimum absolute atomic E-state index is 0.302. The van der Waals surface area contributed by atoms with Gasteiger partial charge in [0, 0.05) is 6.61 Å². The summed E-state index contributed by atoms with van der Waals surface area (Å²) in [6.07, 6.45) is 3.49. The van der Waals surface area contributed by atoms with Crippen LogP contribution in [0.1, 0.15) is 32.3 Å². The molecule has 1 atom stereocenters. The Hall–Kier alpha value is -1.80. The number of aryl methyl sites for hydroxylation is 1. The topological polar surface area (TPSA) is 29.5 Å². The third-order valence-corrected chi connectivity index (χ3v) is 3.60. The van der Waals surface area contributed by atoms with E-state index in [2.05, 4.69) is 38.1 Å². The van der Waals surface area contributed by atoms with Crippen LogP contribution in [0.15, 0.2) is 48.5 Å². The first-order valence-corrected chi connectivity index (χ1v) is 7.69. The zero-order chi connectivity index (χ0) is 15.1. The molecule has 0 saturated heterocycles. The van der Waals surface area contributed by atoms with E-state index in [4.69, 9.17) is 4.74 Å². The monoisotopic (exact) mass is 284 g/mol. The summed E-state index contributed by atoms with van der Waals surface area (Å²) in [5.74, 6) is 0.302. The lowest BCUT2D eigenvalue weighted by Gasteiger charge is -2.12. The first-order valence-electron chi connectivity index (χ1n) is 7.69. The van der Waals surface area contributed by atoms with E-state index in [9.17, 15) is 5.11 Å². The predicted molar refractivity (Wildman–Crippen MR) is 87.6 cm³/mol. The molecular weight excluding hydrogens is 260 g/mol. The quantitative estimate of drug-likeness (QED) is 0.791. The second kappa shape index (κ2) is 7.84. The van der Waals surface area contributed by atoms with Gasteiger partial charge in [-0.3, -0.25) is 0 Å². The van der Waals surface area contributed by atoms with Gasteiger partial charge in [-0.1, -0.05) is 43.3 Å². The fourth-order valence-electron chi connectivity index (χ4n) is 2.29. The van der Waals surface area contributed by atoms with Gasteiger partial charge in [0.1, 0.15) is 5.75 Å². The van der Waals surface area contributed by atoms with Gasteiger partial charge in [0.05, 0.1) is 6.10 Å². The minimum Gasteiger partial charge on any atom is -0.508 e. The van der Waals surface area contributed by atoms with Gasteiger partial charge in [0.25, 0.3) is 0 Å². The highest BCUT2D eigenvalue weighted by Crippen LogP contribution is 2.22. The molecule has 0 aliphatic rings. The molecule has 0 fully saturated rings. The van der Waals surface area contributed by atoms with Crippen molar-refractivity contribution in [3.63, 3.8) is 0 Å². The summed E-state index contributed by atoms with van der Waals surface area (Å²) in [5, 5.41) is 9.32. The lowest BCUT2D eigenvalue weighted by atomic mass is 10.0. The lowest BCUT2D eigenvalue weighted by Crippen LogP contribution is -2.09. The number of phenolic OH excluding ortho intramolecular Hbond substituents is 1. The molecule has 2 aromatic rings. The van der Waals surface area contributed by atoms with Crippen LogP contribution >= 0.6 is 0 Å². The van der Waals surface area contributed by atoms with Crippen LogP contribution in [0, 0.1) is 0 Å². The van der Waals surface area contributed by atoms with E-state index >= 15 is 0 Å². The van der Waals surface area contributed by atoms with Gasteiger partial charge in [-0.25, -0.2) is 0 Å². The lowest BCUT2D eigenvalue weighted by molar-refractivity contribution is 0.0610. The SMILES string of the molecule is CCCOC(C)CCc1ccc(-c2ccc(O)cc2)cc1. The molecule has 21 heavy (non-hydrogen) atoms. The van der Waals surface area contributed by atoms with Crippen molar-refractivity contribution in [1.82, 2.24) is 0 Å². The Kier molecular flexibility index (Phi) is 5.82. The van der Waals surface area contributed by atoms with E-state index in [1.165, 1.54) is 11.1 Å². The van der Waals surface area contributed by atoms with E-state index < -0.39 is 0 Å². The predicted octanol–water partition coefficient (Wildman–Crippen LogP) is 4.81. The van der Waals surface area contributed by atoms with Crippen molar-refractivity contribution < 1.29 is 9.84 Å². The largest absolute Gasteiger partial charge is 0.508 e. The van der Waals surface area contributed by atoms with E-state index in [1.54, 1.807) is 12.1 Å². The van der Waals surface area contributed by atoms with Crippen molar-refractivity contribution in [2.45, 2.75) is 39.2 Å². The second-order valence-electron chi connectivity index (χ2n) is 5.46. The highest BCUT2D eigenvalue weighted by Gasteiger charge is 2.03. The molecule has 0 radical (unpaired) electrons. The molecule has 0 bridgehead atoms. The summed E-state index contributed by atoms with van der Waals surface area (Å²) in [7, 11) is 0. The molecule has 0 saturated carbocycles. The summed E-state index contributed by atoms with van der Waals surface area (Å²) in [4.78, 5) is 0. The van der Waals surface area contributed by atoms with Crippen LogP contribution in [0.4, 0.5) is 0 Å². The Balaban J connectivity index is 1.91. The molecular formula is C19H24O2. The Morgan fingerprint density at radius 2 is 1.52 bits per heavy atom. The standard InChI is InChI=1S/C19H24O2/c1-3-14-21-15(2)4-5-16-6-8-17(9-7-16)18-10-12-19(20)13-11-18/h6-13,15,20H,3-5,14H2,1-2H3. The summed E-state index contributed by atoms with van der Waals surface area (Å²) in [5.41, 5.74) is 3.64. The zero-order valence-electron chi connectivity index (χ0n) is 12.9.